The third kappa shape index (κ3) is 3.00. The average Bonchev–Trinajstić information content (AvgIpc) is 2.36. The summed E-state index contributed by atoms with van der Waals surface area (Å²) in [6.07, 6.45) is 1.66. The third-order valence-electron chi connectivity index (χ3n) is 2.35. The van der Waals surface area contributed by atoms with Crippen LogP contribution in [0.25, 0.3) is 0 Å². The van der Waals surface area contributed by atoms with Crippen molar-refractivity contribution in [2.75, 3.05) is 0 Å². The SMILES string of the molecule is Cc1cc(CCl)cnc1Oc1ccc(F)c(Br)c1. The number of nitrogens with zero attached hydrogens (tertiary/aromatic N) is 1. The van der Waals surface area contributed by atoms with Crippen LogP contribution in [0.4, 0.5) is 4.39 Å². The van der Waals surface area contributed by atoms with Gasteiger partial charge < -0.3 is 4.74 Å². The minimum absolute atomic E-state index is 0.329. The molecule has 18 heavy (non-hydrogen) atoms. The van der Waals surface area contributed by atoms with Crippen molar-refractivity contribution < 1.29 is 9.13 Å². The first-order chi connectivity index (χ1) is 8.60. The molecule has 0 radical (unpaired) electrons. The maximum atomic E-state index is 13.1. The molecule has 0 aliphatic heterocycles. The van der Waals surface area contributed by atoms with Gasteiger partial charge in [0.15, 0.2) is 0 Å². The highest BCUT2D eigenvalue weighted by Gasteiger charge is 2.06. The molecule has 2 nitrogen and oxygen atoms in total. The summed E-state index contributed by atoms with van der Waals surface area (Å²) in [5, 5.41) is 0. The van der Waals surface area contributed by atoms with E-state index in [0.29, 0.717) is 22.0 Å². The normalized spacial score (nSPS) is 10.4. The number of benzene rings is 1. The molecule has 2 rings (SSSR count). The Balaban J connectivity index is 2.25. The Morgan fingerprint density at radius 1 is 1.39 bits per heavy atom. The number of aromatic nitrogens is 1. The summed E-state index contributed by atoms with van der Waals surface area (Å²) >= 11 is 8.83. The van der Waals surface area contributed by atoms with E-state index in [9.17, 15) is 4.39 Å². The molecule has 1 aromatic heterocycles. The molecule has 0 fully saturated rings. The summed E-state index contributed by atoms with van der Waals surface area (Å²) in [5.41, 5.74) is 1.82. The van der Waals surface area contributed by atoms with Crippen LogP contribution >= 0.6 is 27.5 Å². The van der Waals surface area contributed by atoms with Gasteiger partial charge in [0, 0.05) is 17.6 Å². The summed E-state index contributed by atoms with van der Waals surface area (Å²) < 4.78 is 19.0. The monoisotopic (exact) mass is 329 g/mol. The molecule has 0 atom stereocenters. The predicted molar refractivity (Wildman–Crippen MR) is 72.7 cm³/mol. The largest absolute Gasteiger partial charge is 0.439 e. The van der Waals surface area contributed by atoms with Crippen molar-refractivity contribution in [3.8, 4) is 11.6 Å². The van der Waals surface area contributed by atoms with Gasteiger partial charge in [0.25, 0.3) is 0 Å². The quantitative estimate of drug-likeness (QED) is 0.753. The maximum Gasteiger partial charge on any atom is 0.222 e. The van der Waals surface area contributed by atoms with Crippen molar-refractivity contribution in [3.63, 3.8) is 0 Å². The van der Waals surface area contributed by atoms with Crippen LogP contribution < -0.4 is 4.74 Å². The standard InChI is InChI=1S/C13H10BrClFNO/c1-8-4-9(6-15)7-17-13(8)18-10-2-3-12(16)11(14)5-10/h2-5,7H,6H2,1H3. The maximum absolute atomic E-state index is 13.1. The van der Waals surface area contributed by atoms with Crippen molar-refractivity contribution in [1.82, 2.24) is 4.98 Å². The fourth-order valence-corrected chi connectivity index (χ4v) is 1.96. The second-order valence-corrected chi connectivity index (χ2v) is 4.90. The predicted octanol–water partition coefficient (Wildman–Crippen LogP) is 4.82. The molecular weight excluding hydrogens is 321 g/mol. The van der Waals surface area contributed by atoms with Crippen molar-refractivity contribution in [3.05, 3.63) is 51.9 Å². The zero-order chi connectivity index (χ0) is 13.1. The number of rotatable bonds is 3. The van der Waals surface area contributed by atoms with Crippen LogP contribution in [0.5, 0.6) is 11.6 Å². The summed E-state index contributed by atoms with van der Waals surface area (Å²) in [6, 6.07) is 6.36. The molecule has 94 valence electrons. The third-order valence-corrected chi connectivity index (χ3v) is 3.26. The second-order valence-electron chi connectivity index (χ2n) is 3.78. The van der Waals surface area contributed by atoms with Gasteiger partial charge in [-0.15, -0.1) is 11.6 Å². The lowest BCUT2D eigenvalue weighted by Gasteiger charge is -2.08. The molecule has 0 saturated heterocycles. The van der Waals surface area contributed by atoms with Crippen LogP contribution in [0.15, 0.2) is 34.9 Å². The molecular formula is C13H10BrClFNO. The first-order valence-corrected chi connectivity index (χ1v) is 6.57. The fraction of sp³-hybridized carbons (Fsp3) is 0.154. The van der Waals surface area contributed by atoms with E-state index in [-0.39, 0.29) is 5.82 Å². The summed E-state index contributed by atoms with van der Waals surface area (Å²) in [5.74, 6) is 1.10. The molecule has 0 spiro atoms. The molecule has 0 aliphatic carbocycles. The molecule has 1 aromatic carbocycles. The Kier molecular flexibility index (Phi) is 4.19. The molecule has 5 heteroatoms. The molecule has 0 unspecified atom stereocenters. The number of halogens is 3. The highest BCUT2D eigenvalue weighted by atomic mass is 79.9. The number of ether oxygens (including phenoxy) is 1. The van der Waals surface area contributed by atoms with E-state index in [1.54, 1.807) is 18.3 Å². The van der Waals surface area contributed by atoms with Gasteiger partial charge in [0.1, 0.15) is 11.6 Å². The zero-order valence-electron chi connectivity index (χ0n) is 9.58. The van der Waals surface area contributed by atoms with Crippen molar-refractivity contribution in [1.29, 1.82) is 0 Å². The van der Waals surface area contributed by atoms with Crippen LogP contribution in [0.2, 0.25) is 0 Å². The van der Waals surface area contributed by atoms with E-state index in [2.05, 4.69) is 20.9 Å². The number of hydrogen-bond donors (Lipinski definition) is 0. The van der Waals surface area contributed by atoms with Gasteiger partial charge in [-0.05, 0) is 52.7 Å². The van der Waals surface area contributed by atoms with Gasteiger partial charge in [0.05, 0.1) is 4.47 Å². The van der Waals surface area contributed by atoms with Crippen LogP contribution in [-0.4, -0.2) is 4.98 Å². The van der Waals surface area contributed by atoms with E-state index in [0.717, 1.165) is 11.1 Å². The molecule has 0 amide bonds. The van der Waals surface area contributed by atoms with Gasteiger partial charge in [-0.2, -0.15) is 0 Å². The number of hydrogen-bond acceptors (Lipinski definition) is 2. The van der Waals surface area contributed by atoms with Crippen molar-refractivity contribution in [2.24, 2.45) is 0 Å². The molecule has 0 N–H and O–H groups in total. The Morgan fingerprint density at radius 2 is 2.17 bits per heavy atom. The van der Waals surface area contributed by atoms with Crippen LogP contribution in [0.3, 0.4) is 0 Å². The zero-order valence-corrected chi connectivity index (χ0v) is 11.9. The van der Waals surface area contributed by atoms with E-state index in [4.69, 9.17) is 16.3 Å². The first-order valence-electron chi connectivity index (χ1n) is 5.24. The topological polar surface area (TPSA) is 22.1 Å². The smallest absolute Gasteiger partial charge is 0.222 e. The van der Waals surface area contributed by atoms with Crippen molar-refractivity contribution in [2.45, 2.75) is 12.8 Å². The highest BCUT2D eigenvalue weighted by Crippen LogP contribution is 2.27. The van der Waals surface area contributed by atoms with Gasteiger partial charge in [-0.25, -0.2) is 9.37 Å². The molecule has 1 heterocycles. The Bertz CT molecular complexity index is 577. The van der Waals surface area contributed by atoms with Gasteiger partial charge in [-0.1, -0.05) is 0 Å². The first kappa shape index (κ1) is 13.3. The average molecular weight is 331 g/mol. The van der Waals surface area contributed by atoms with E-state index < -0.39 is 0 Å². The van der Waals surface area contributed by atoms with Crippen molar-refractivity contribution >= 4 is 27.5 Å². The number of pyridine rings is 1. The number of aryl methyl sites for hydroxylation is 1. The minimum Gasteiger partial charge on any atom is -0.439 e. The molecule has 2 aromatic rings. The lowest BCUT2D eigenvalue weighted by molar-refractivity contribution is 0.456. The van der Waals surface area contributed by atoms with Crippen LogP contribution in [0, 0.1) is 12.7 Å². The summed E-state index contributed by atoms with van der Waals surface area (Å²) in [7, 11) is 0. The van der Waals surface area contributed by atoms with Crippen LogP contribution in [0.1, 0.15) is 11.1 Å². The number of alkyl halides is 1. The molecule has 0 saturated carbocycles. The Labute approximate surface area is 118 Å². The lowest BCUT2D eigenvalue weighted by Crippen LogP contribution is -1.93. The Morgan fingerprint density at radius 3 is 2.78 bits per heavy atom. The molecule has 0 bridgehead atoms. The van der Waals surface area contributed by atoms with E-state index in [1.807, 2.05) is 13.0 Å². The van der Waals surface area contributed by atoms with Crippen LogP contribution in [-0.2, 0) is 5.88 Å². The Hall–Kier alpha value is -1.13. The second kappa shape index (κ2) is 5.67. The minimum atomic E-state index is -0.329. The summed E-state index contributed by atoms with van der Waals surface area (Å²) in [4.78, 5) is 4.18. The highest BCUT2D eigenvalue weighted by molar-refractivity contribution is 9.10. The van der Waals surface area contributed by atoms with Gasteiger partial charge >= 0.3 is 0 Å². The fourth-order valence-electron chi connectivity index (χ4n) is 1.45. The van der Waals surface area contributed by atoms with Gasteiger partial charge in [-0.3, -0.25) is 0 Å². The van der Waals surface area contributed by atoms with E-state index in [1.165, 1.54) is 6.07 Å². The summed E-state index contributed by atoms with van der Waals surface area (Å²) in [6.45, 7) is 1.89. The molecule has 0 aliphatic rings. The lowest BCUT2D eigenvalue weighted by atomic mass is 10.2. The van der Waals surface area contributed by atoms with Gasteiger partial charge in [0.2, 0.25) is 5.88 Å². The van der Waals surface area contributed by atoms with E-state index >= 15 is 0 Å².